The lowest BCUT2D eigenvalue weighted by molar-refractivity contribution is 0.285. The average Bonchev–Trinajstić information content (AvgIpc) is 2.29. The van der Waals surface area contributed by atoms with Crippen molar-refractivity contribution < 1.29 is 17.9 Å². The van der Waals surface area contributed by atoms with E-state index in [1.54, 1.807) is 0 Å². The summed E-state index contributed by atoms with van der Waals surface area (Å²) in [6.45, 7) is 0.0783. The number of anilines is 1. The quantitative estimate of drug-likeness (QED) is 0.541. The molecular formula is C10H14ClFN2O3S. The summed E-state index contributed by atoms with van der Waals surface area (Å²) in [5.74, 6) is -1.02. The van der Waals surface area contributed by atoms with E-state index in [2.05, 4.69) is 4.72 Å². The number of hydrogen-bond donors (Lipinski definition) is 3. The van der Waals surface area contributed by atoms with Gasteiger partial charge in [-0.2, -0.15) is 0 Å². The summed E-state index contributed by atoms with van der Waals surface area (Å²) >= 11 is 5.64. The third kappa shape index (κ3) is 3.81. The lowest BCUT2D eigenvalue weighted by Gasteiger charge is -2.09. The summed E-state index contributed by atoms with van der Waals surface area (Å²) in [6.07, 6.45) is 0.913. The summed E-state index contributed by atoms with van der Waals surface area (Å²) in [4.78, 5) is -0.573. The Kier molecular flexibility index (Phi) is 5.33. The van der Waals surface area contributed by atoms with Crippen LogP contribution in [-0.4, -0.2) is 26.7 Å². The van der Waals surface area contributed by atoms with Gasteiger partial charge in [-0.25, -0.2) is 17.5 Å². The molecule has 1 aromatic rings. The minimum absolute atomic E-state index is 0.0276. The SMILES string of the molecule is Nc1cc(Cl)cc(S(=O)(=O)NCCCCO)c1F. The van der Waals surface area contributed by atoms with Crippen LogP contribution in [-0.2, 0) is 10.0 Å². The number of nitrogen functional groups attached to an aromatic ring is 1. The molecule has 1 aromatic carbocycles. The Bertz CT molecular complexity index is 522. The van der Waals surface area contributed by atoms with Crippen molar-refractivity contribution in [3.8, 4) is 0 Å². The third-order valence-corrected chi connectivity index (χ3v) is 3.88. The van der Waals surface area contributed by atoms with Crippen molar-refractivity contribution in [2.75, 3.05) is 18.9 Å². The molecule has 0 fully saturated rings. The molecule has 0 aromatic heterocycles. The molecule has 4 N–H and O–H groups in total. The number of nitrogens with one attached hydrogen (secondary N) is 1. The van der Waals surface area contributed by atoms with Crippen LogP contribution in [0.4, 0.5) is 10.1 Å². The van der Waals surface area contributed by atoms with Gasteiger partial charge >= 0.3 is 0 Å². The first-order valence-corrected chi connectivity index (χ1v) is 7.09. The Hall–Kier alpha value is -0.890. The van der Waals surface area contributed by atoms with Gasteiger partial charge in [0, 0.05) is 18.2 Å². The summed E-state index contributed by atoms with van der Waals surface area (Å²) in [7, 11) is -3.99. The Morgan fingerprint density at radius 2 is 2.06 bits per heavy atom. The van der Waals surface area contributed by atoms with Crippen molar-refractivity contribution >= 4 is 27.3 Å². The lowest BCUT2D eigenvalue weighted by Crippen LogP contribution is -2.26. The highest BCUT2D eigenvalue weighted by atomic mass is 35.5. The molecule has 0 bridgehead atoms. The molecule has 0 spiro atoms. The van der Waals surface area contributed by atoms with Crippen LogP contribution in [0.25, 0.3) is 0 Å². The number of aliphatic hydroxyl groups is 1. The molecular weight excluding hydrogens is 283 g/mol. The number of sulfonamides is 1. The van der Waals surface area contributed by atoms with E-state index in [-0.39, 0.29) is 23.9 Å². The second kappa shape index (κ2) is 6.33. The van der Waals surface area contributed by atoms with Crippen LogP contribution in [0, 0.1) is 5.82 Å². The van der Waals surface area contributed by atoms with E-state index in [9.17, 15) is 12.8 Å². The van der Waals surface area contributed by atoms with Crippen LogP contribution >= 0.6 is 11.6 Å². The zero-order valence-corrected chi connectivity index (χ0v) is 11.1. The van der Waals surface area contributed by atoms with E-state index in [4.69, 9.17) is 22.4 Å². The normalized spacial score (nSPS) is 11.7. The maximum absolute atomic E-state index is 13.6. The Morgan fingerprint density at radius 1 is 1.39 bits per heavy atom. The number of benzene rings is 1. The summed E-state index contributed by atoms with van der Waals surface area (Å²) in [5, 5.41) is 8.60. The third-order valence-electron chi connectivity index (χ3n) is 2.20. The maximum Gasteiger partial charge on any atom is 0.243 e. The topological polar surface area (TPSA) is 92.4 Å². The average molecular weight is 297 g/mol. The van der Waals surface area contributed by atoms with E-state index in [0.717, 1.165) is 12.1 Å². The summed E-state index contributed by atoms with van der Waals surface area (Å²) in [6, 6.07) is 2.14. The fourth-order valence-corrected chi connectivity index (χ4v) is 2.80. The number of hydrogen-bond acceptors (Lipinski definition) is 4. The van der Waals surface area contributed by atoms with Gasteiger partial charge in [0.1, 0.15) is 4.90 Å². The van der Waals surface area contributed by atoms with Crippen LogP contribution in [0.1, 0.15) is 12.8 Å². The van der Waals surface area contributed by atoms with E-state index in [1.165, 1.54) is 0 Å². The Labute approximate surface area is 110 Å². The van der Waals surface area contributed by atoms with Crippen molar-refractivity contribution in [3.63, 3.8) is 0 Å². The molecule has 8 heteroatoms. The molecule has 0 saturated heterocycles. The highest BCUT2D eigenvalue weighted by Gasteiger charge is 2.21. The van der Waals surface area contributed by atoms with Crippen molar-refractivity contribution in [2.24, 2.45) is 0 Å². The van der Waals surface area contributed by atoms with E-state index in [1.807, 2.05) is 0 Å². The zero-order valence-electron chi connectivity index (χ0n) is 9.49. The molecule has 0 amide bonds. The molecule has 5 nitrogen and oxygen atoms in total. The van der Waals surface area contributed by atoms with Crippen LogP contribution < -0.4 is 10.5 Å². The zero-order chi connectivity index (χ0) is 13.8. The maximum atomic E-state index is 13.6. The monoisotopic (exact) mass is 296 g/mol. The van der Waals surface area contributed by atoms with Gasteiger partial charge in [0.05, 0.1) is 5.69 Å². The number of aliphatic hydroxyl groups excluding tert-OH is 1. The molecule has 0 heterocycles. The Balaban J connectivity index is 2.91. The first kappa shape index (κ1) is 15.2. The minimum Gasteiger partial charge on any atom is -0.396 e. The van der Waals surface area contributed by atoms with Gasteiger partial charge in [-0.15, -0.1) is 0 Å². The predicted octanol–water partition coefficient (Wildman–Crippen LogP) is 1.11. The first-order valence-electron chi connectivity index (χ1n) is 5.23. The second-order valence-corrected chi connectivity index (χ2v) is 5.81. The van der Waals surface area contributed by atoms with Gasteiger partial charge in [-0.3, -0.25) is 0 Å². The minimum atomic E-state index is -3.99. The van der Waals surface area contributed by atoms with Crippen molar-refractivity contribution in [3.05, 3.63) is 23.0 Å². The van der Waals surface area contributed by atoms with Crippen molar-refractivity contribution in [1.82, 2.24) is 4.72 Å². The molecule has 102 valence electrons. The highest BCUT2D eigenvalue weighted by molar-refractivity contribution is 7.89. The summed E-state index contributed by atoms with van der Waals surface area (Å²) < 4.78 is 39.4. The van der Waals surface area contributed by atoms with Crippen LogP contribution in [0.5, 0.6) is 0 Å². The summed E-state index contributed by atoms with van der Waals surface area (Å²) in [5.41, 5.74) is 4.99. The van der Waals surface area contributed by atoms with Gasteiger partial charge in [-0.05, 0) is 25.0 Å². The number of nitrogens with two attached hydrogens (primary N) is 1. The molecule has 0 atom stereocenters. The van der Waals surface area contributed by atoms with E-state index >= 15 is 0 Å². The highest BCUT2D eigenvalue weighted by Crippen LogP contribution is 2.24. The first-order chi connectivity index (χ1) is 8.38. The number of rotatable bonds is 6. The smallest absolute Gasteiger partial charge is 0.243 e. The molecule has 0 saturated carbocycles. The van der Waals surface area contributed by atoms with E-state index < -0.39 is 20.7 Å². The van der Waals surface area contributed by atoms with Crippen LogP contribution in [0.15, 0.2) is 17.0 Å². The number of halogens is 2. The fraction of sp³-hybridized carbons (Fsp3) is 0.400. The second-order valence-electron chi connectivity index (χ2n) is 3.64. The molecule has 1 rings (SSSR count). The Morgan fingerprint density at radius 3 is 2.67 bits per heavy atom. The van der Waals surface area contributed by atoms with E-state index in [0.29, 0.717) is 12.8 Å². The van der Waals surface area contributed by atoms with Crippen molar-refractivity contribution in [2.45, 2.75) is 17.7 Å². The van der Waals surface area contributed by atoms with Gasteiger partial charge in [-0.1, -0.05) is 11.6 Å². The fourth-order valence-electron chi connectivity index (χ4n) is 1.30. The van der Waals surface area contributed by atoms with Crippen LogP contribution in [0.3, 0.4) is 0 Å². The largest absolute Gasteiger partial charge is 0.396 e. The van der Waals surface area contributed by atoms with Crippen molar-refractivity contribution in [1.29, 1.82) is 0 Å². The van der Waals surface area contributed by atoms with Gasteiger partial charge in [0.15, 0.2) is 5.82 Å². The molecule has 0 aliphatic rings. The van der Waals surface area contributed by atoms with Crippen LogP contribution in [0.2, 0.25) is 5.02 Å². The van der Waals surface area contributed by atoms with Gasteiger partial charge < -0.3 is 10.8 Å². The number of unbranched alkanes of at least 4 members (excludes halogenated alkanes) is 1. The molecule has 0 aliphatic heterocycles. The molecule has 0 aliphatic carbocycles. The predicted molar refractivity (Wildman–Crippen MR) is 67.3 cm³/mol. The molecule has 0 radical (unpaired) electrons. The van der Waals surface area contributed by atoms with Gasteiger partial charge in [0.25, 0.3) is 0 Å². The molecule has 0 unspecified atom stereocenters. The standard InChI is InChI=1S/C10H14ClFN2O3S/c11-7-5-8(13)10(12)9(6-7)18(16,17)14-3-1-2-4-15/h5-6,14-15H,1-4,13H2. The molecule has 18 heavy (non-hydrogen) atoms. The van der Waals surface area contributed by atoms with Gasteiger partial charge in [0.2, 0.25) is 10.0 Å². The lowest BCUT2D eigenvalue weighted by atomic mass is 10.3.